The molecule has 0 fully saturated rings. The number of carbonyl (C=O) groups is 1. The van der Waals surface area contributed by atoms with E-state index < -0.39 is 5.91 Å². The lowest BCUT2D eigenvalue weighted by molar-refractivity contribution is 0.0951. The molecule has 2 N–H and O–H groups in total. The second kappa shape index (κ2) is 8.39. The van der Waals surface area contributed by atoms with Gasteiger partial charge in [-0.15, -0.1) is 0 Å². The van der Waals surface area contributed by atoms with Gasteiger partial charge in [-0.2, -0.15) is 0 Å². The van der Waals surface area contributed by atoms with Gasteiger partial charge in [-0.05, 0) is 89.4 Å². The van der Waals surface area contributed by atoms with Crippen LogP contribution in [0, 0.1) is 3.57 Å². The maximum atomic E-state index is 12.3. The van der Waals surface area contributed by atoms with E-state index in [4.69, 9.17) is 39.8 Å². The summed E-state index contributed by atoms with van der Waals surface area (Å²) in [5, 5.41) is 6.57. The lowest BCUT2D eigenvalue weighted by Crippen LogP contribution is -2.33. The van der Waals surface area contributed by atoms with E-state index in [1.54, 1.807) is 30.3 Å². The van der Waals surface area contributed by atoms with Gasteiger partial charge < -0.3 is 9.73 Å². The van der Waals surface area contributed by atoms with Crippen molar-refractivity contribution in [3.8, 4) is 11.3 Å². The van der Waals surface area contributed by atoms with Crippen LogP contribution in [0.2, 0.25) is 10.0 Å². The minimum atomic E-state index is -0.445. The van der Waals surface area contributed by atoms with Crippen molar-refractivity contribution in [2.45, 2.75) is 0 Å². The Hall–Kier alpha value is -1.61. The van der Waals surface area contributed by atoms with Gasteiger partial charge in [0.1, 0.15) is 5.76 Å². The Labute approximate surface area is 179 Å². The molecule has 0 aliphatic heterocycles. The molecular weight excluding hydrogens is 506 g/mol. The number of nitrogens with one attached hydrogen (secondary N) is 2. The third-order valence-corrected chi connectivity index (χ3v) is 5.03. The molecule has 0 saturated carbocycles. The molecule has 0 spiro atoms. The van der Waals surface area contributed by atoms with E-state index in [-0.39, 0.29) is 10.9 Å². The molecule has 3 aromatic rings. The van der Waals surface area contributed by atoms with Crippen LogP contribution in [0.1, 0.15) is 10.6 Å². The monoisotopic (exact) mass is 516 g/mol. The van der Waals surface area contributed by atoms with Crippen molar-refractivity contribution in [2.24, 2.45) is 0 Å². The van der Waals surface area contributed by atoms with Crippen molar-refractivity contribution < 1.29 is 9.21 Å². The number of hydrogen-bond donors (Lipinski definition) is 2. The first-order valence-corrected chi connectivity index (χ1v) is 9.60. The van der Waals surface area contributed by atoms with E-state index >= 15 is 0 Å². The van der Waals surface area contributed by atoms with Gasteiger partial charge in [-0.25, -0.2) is 0 Å². The first-order chi connectivity index (χ1) is 12.4. The maximum Gasteiger partial charge on any atom is 0.293 e. The average molecular weight is 517 g/mol. The lowest BCUT2D eigenvalue weighted by Gasteiger charge is -2.08. The number of furan rings is 1. The first kappa shape index (κ1) is 19.2. The van der Waals surface area contributed by atoms with Crippen LogP contribution in [0.4, 0.5) is 5.69 Å². The minimum Gasteiger partial charge on any atom is -0.451 e. The number of hydrogen-bond acceptors (Lipinski definition) is 3. The van der Waals surface area contributed by atoms with Crippen molar-refractivity contribution in [2.75, 3.05) is 5.32 Å². The summed E-state index contributed by atoms with van der Waals surface area (Å²) in [6, 6.07) is 16.0. The molecule has 1 amide bonds. The van der Waals surface area contributed by atoms with E-state index in [9.17, 15) is 4.79 Å². The first-order valence-electron chi connectivity index (χ1n) is 7.35. The predicted molar refractivity (Wildman–Crippen MR) is 117 cm³/mol. The molecule has 132 valence electrons. The molecular formula is C18H11Cl2IN2O2S. The summed E-state index contributed by atoms with van der Waals surface area (Å²) in [4.78, 5) is 12.3. The summed E-state index contributed by atoms with van der Waals surface area (Å²) >= 11 is 19.3. The van der Waals surface area contributed by atoms with Gasteiger partial charge >= 0.3 is 0 Å². The SMILES string of the molecule is O=C(NC(=S)Nc1ccc(I)cc1)c1ccc(-c2ccc(Cl)c(Cl)c2)o1. The zero-order valence-corrected chi connectivity index (χ0v) is 17.5. The molecule has 4 nitrogen and oxygen atoms in total. The van der Waals surface area contributed by atoms with Crippen LogP contribution in [0.15, 0.2) is 59.0 Å². The largest absolute Gasteiger partial charge is 0.451 e. The van der Waals surface area contributed by atoms with Crippen LogP contribution in [0.5, 0.6) is 0 Å². The fourth-order valence-corrected chi connectivity index (χ4v) is 2.99. The summed E-state index contributed by atoms with van der Waals surface area (Å²) in [5.41, 5.74) is 1.50. The van der Waals surface area contributed by atoms with Crippen molar-refractivity contribution in [3.63, 3.8) is 0 Å². The normalized spacial score (nSPS) is 10.4. The summed E-state index contributed by atoms with van der Waals surface area (Å²) < 4.78 is 6.70. The van der Waals surface area contributed by atoms with Crippen LogP contribution in [-0.4, -0.2) is 11.0 Å². The quantitative estimate of drug-likeness (QED) is 0.332. The number of amides is 1. The zero-order chi connectivity index (χ0) is 18.7. The molecule has 0 aliphatic rings. The molecule has 1 aromatic heterocycles. The molecule has 26 heavy (non-hydrogen) atoms. The molecule has 0 unspecified atom stereocenters. The van der Waals surface area contributed by atoms with Crippen molar-refractivity contribution in [1.29, 1.82) is 0 Å². The molecule has 2 aromatic carbocycles. The van der Waals surface area contributed by atoms with Gasteiger partial charge in [-0.3, -0.25) is 10.1 Å². The molecule has 8 heteroatoms. The standard InChI is InChI=1S/C18H11Cl2IN2O2S/c19-13-6-1-10(9-14(13)20)15-7-8-16(25-15)17(24)23-18(26)22-12-4-2-11(21)3-5-12/h1-9H,(H2,22,23,24,26). The zero-order valence-electron chi connectivity index (χ0n) is 13.1. The molecule has 1 heterocycles. The fourth-order valence-electron chi connectivity index (χ4n) is 2.12. The fraction of sp³-hybridized carbons (Fsp3) is 0. The number of thiocarbonyl (C=S) groups is 1. The number of rotatable bonds is 3. The van der Waals surface area contributed by atoms with Gasteiger partial charge in [0.25, 0.3) is 5.91 Å². The Morgan fingerprint density at radius 3 is 2.42 bits per heavy atom. The molecule has 0 bridgehead atoms. The highest BCUT2D eigenvalue weighted by Gasteiger charge is 2.14. The average Bonchev–Trinajstić information content (AvgIpc) is 3.09. The smallest absolute Gasteiger partial charge is 0.293 e. The summed E-state index contributed by atoms with van der Waals surface area (Å²) in [6.45, 7) is 0. The van der Waals surface area contributed by atoms with Gasteiger partial charge in [-0.1, -0.05) is 23.2 Å². The Balaban J connectivity index is 1.66. The molecule has 0 radical (unpaired) electrons. The summed E-state index contributed by atoms with van der Waals surface area (Å²) in [5.74, 6) is 0.197. The molecule has 0 aliphatic carbocycles. The van der Waals surface area contributed by atoms with E-state index in [0.717, 1.165) is 14.8 Å². The Bertz CT molecular complexity index is 974. The van der Waals surface area contributed by atoms with E-state index in [0.29, 0.717) is 15.8 Å². The second-order valence-corrected chi connectivity index (χ2v) is 7.68. The highest BCUT2D eigenvalue weighted by Crippen LogP contribution is 2.29. The summed E-state index contributed by atoms with van der Waals surface area (Å²) in [7, 11) is 0. The van der Waals surface area contributed by atoms with E-state index in [2.05, 4.69) is 33.2 Å². The molecule has 0 saturated heterocycles. The van der Waals surface area contributed by atoms with Crippen molar-refractivity contribution in [1.82, 2.24) is 5.32 Å². The van der Waals surface area contributed by atoms with E-state index in [1.165, 1.54) is 0 Å². The number of benzene rings is 2. The van der Waals surface area contributed by atoms with Crippen molar-refractivity contribution in [3.05, 3.63) is 74.0 Å². The van der Waals surface area contributed by atoms with Crippen LogP contribution < -0.4 is 10.6 Å². The van der Waals surface area contributed by atoms with Crippen molar-refractivity contribution >= 4 is 74.7 Å². The van der Waals surface area contributed by atoms with E-state index in [1.807, 2.05) is 24.3 Å². The minimum absolute atomic E-state index is 0.137. The third kappa shape index (κ3) is 4.76. The number of anilines is 1. The highest BCUT2D eigenvalue weighted by atomic mass is 127. The highest BCUT2D eigenvalue weighted by molar-refractivity contribution is 14.1. The molecule has 0 atom stereocenters. The number of halogens is 3. The van der Waals surface area contributed by atoms with Gasteiger partial charge in [0.15, 0.2) is 10.9 Å². The van der Waals surface area contributed by atoms with Gasteiger partial charge in [0, 0.05) is 14.8 Å². The topological polar surface area (TPSA) is 54.3 Å². The van der Waals surface area contributed by atoms with Crippen LogP contribution in [-0.2, 0) is 0 Å². The lowest BCUT2D eigenvalue weighted by atomic mass is 10.2. The number of carbonyl (C=O) groups excluding carboxylic acids is 1. The maximum absolute atomic E-state index is 12.3. The third-order valence-electron chi connectivity index (χ3n) is 3.36. The van der Waals surface area contributed by atoms with Gasteiger partial charge in [0.2, 0.25) is 0 Å². The Morgan fingerprint density at radius 1 is 1.00 bits per heavy atom. The van der Waals surface area contributed by atoms with Crippen LogP contribution >= 0.6 is 58.0 Å². The molecule has 3 rings (SSSR count). The van der Waals surface area contributed by atoms with Crippen LogP contribution in [0.3, 0.4) is 0 Å². The van der Waals surface area contributed by atoms with Crippen LogP contribution in [0.25, 0.3) is 11.3 Å². The summed E-state index contributed by atoms with van der Waals surface area (Å²) in [6.07, 6.45) is 0. The Kier molecular flexibility index (Phi) is 6.18. The van der Waals surface area contributed by atoms with Gasteiger partial charge in [0.05, 0.1) is 10.0 Å². The Morgan fingerprint density at radius 2 is 1.73 bits per heavy atom. The predicted octanol–water partition coefficient (Wildman–Crippen LogP) is 5.98. The second-order valence-electron chi connectivity index (χ2n) is 5.21.